The molecule has 0 atom stereocenters. The van der Waals surface area contributed by atoms with Gasteiger partial charge in [-0.15, -0.1) is 9.36 Å². The second-order valence-electron chi connectivity index (χ2n) is 5.67. The molecule has 2 aromatic rings. The van der Waals surface area contributed by atoms with E-state index < -0.39 is 37.9 Å². The van der Waals surface area contributed by atoms with E-state index in [4.69, 9.17) is 9.84 Å². The van der Waals surface area contributed by atoms with E-state index in [1.54, 1.807) is 13.8 Å². The van der Waals surface area contributed by atoms with E-state index >= 15 is 0 Å². The molecule has 0 unspecified atom stereocenters. The van der Waals surface area contributed by atoms with Crippen LogP contribution >= 0.6 is 0 Å². The quantitative estimate of drug-likeness (QED) is 0.210. The summed E-state index contributed by atoms with van der Waals surface area (Å²) in [5.74, 6) is -1.62. The topological polar surface area (TPSA) is 133 Å². The molecular formula is C16H23F4LiN4O5+2. The number of aromatic amines is 2. The maximum absolute atomic E-state index is 12.1. The van der Waals surface area contributed by atoms with Gasteiger partial charge in [0.2, 0.25) is 25.5 Å². The van der Waals surface area contributed by atoms with Gasteiger partial charge in [0, 0.05) is 0 Å². The van der Waals surface area contributed by atoms with Gasteiger partial charge in [-0.3, -0.25) is 0 Å². The maximum atomic E-state index is 12.1. The van der Waals surface area contributed by atoms with Gasteiger partial charge in [0.25, 0.3) is 12.9 Å². The van der Waals surface area contributed by atoms with E-state index in [0.29, 0.717) is 11.4 Å². The Kier molecular flexibility index (Phi) is 13.7. The van der Waals surface area contributed by atoms with E-state index in [2.05, 4.69) is 10.2 Å². The number of H-pyrrole nitrogens is 2. The Hall–Kier alpha value is -2.36. The Labute approximate surface area is 181 Å². The standard InChI is InChI=1S/C9H12F2N2O2.C7H8F2N2O2.Li.H2O/c1-3-15-9(14)7-4-13(5-8(10)11)12-6(7)2;1-4-5(7(12)13)2-11(10-4)3-6(8)9;;/h4,8H,3,5H2,1-2H3;2,6H,3H2,1H3,(H,12,13);;1H2/q;;+1;/p+1. The zero-order chi connectivity index (χ0) is 21.4. The number of alkyl halides is 4. The fourth-order valence-corrected chi connectivity index (χ4v) is 2.25. The molecule has 0 spiro atoms. The third kappa shape index (κ3) is 9.42. The SMILES string of the molecule is CCOC(=O)c1c[n+](CC(F)F)[nH]c1C.Cc1[nH][n+](CC(F)F)cc1C(=O)O.[Li+].[OH-]. The van der Waals surface area contributed by atoms with Crippen LogP contribution < -0.4 is 28.2 Å². The van der Waals surface area contributed by atoms with Crippen LogP contribution in [0.2, 0.25) is 0 Å². The van der Waals surface area contributed by atoms with E-state index in [-0.39, 0.29) is 42.1 Å². The summed E-state index contributed by atoms with van der Waals surface area (Å²) in [6, 6.07) is 0. The van der Waals surface area contributed by atoms with Crippen LogP contribution in [0.15, 0.2) is 12.4 Å². The molecule has 30 heavy (non-hydrogen) atoms. The fourth-order valence-electron chi connectivity index (χ4n) is 2.25. The zero-order valence-corrected chi connectivity index (χ0v) is 17.0. The number of carbonyl (C=O) groups excluding carboxylic acids is 1. The molecule has 4 N–H and O–H groups in total. The normalized spacial score (nSPS) is 10.0. The molecule has 164 valence electrons. The molecule has 0 saturated heterocycles. The van der Waals surface area contributed by atoms with E-state index in [1.807, 2.05) is 0 Å². The van der Waals surface area contributed by atoms with Gasteiger partial charge < -0.3 is 15.3 Å². The van der Waals surface area contributed by atoms with E-state index in [0.717, 1.165) is 10.9 Å². The number of aryl methyl sites for hydroxylation is 2. The minimum atomic E-state index is -2.50. The Morgan fingerprint density at radius 2 is 1.40 bits per heavy atom. The fraction of sp³-hybridized carbons (Fsp3) is 0.500. The first kappa shape index (κ1) is 29.8. The van der Waals surface area contributed by atoms with Crippen molar-refractivity contribution in [2.45, 2.75) is 46.7 Å². The number of nitrogens with zero attached hydrogens (tertiary/aromatic N) is 2. The number of aromatic carboxylic acids is 1. The largest absolute Gasteiger partial charge is 1.00 e. The van der Waals surface area contributed by atoms with Crippen molar-refractivity contribution in [3.63, 3.8) is 0 Å². The minimum Gasteiger partial charge on any atom is -0.870 e. The van der Waals surface area contributed by atoms with Gasteiger partial charge in [-0.2, -0.15) is 10.2 Å². The molecule has 2 aromatic heterocycles. The summed E-state index contributed by atoms with van der Waals surface area (Å²) in [7, 11) is 0. The number of hydrogen-bond donors (Lipinski definition) is 3. The molecule has 0 aliphatic heterocycles. The van der Waals surface area contributed by atoms with Gasteiger partial charge >= 0.3 is 30.8 Å². The van der Waals surface area contributed by atoms with Crippen LogP contribution in [-0.4, -0.2) is 52.2 Å². The van der Waals surface area contributed by atoms with Crippen molar-refractivity contribution in [1.29, 1.82) is 0 Å². The molecule has 0 amide bonds. The average Bonchev–Trinajstić information content (AvgIpc) is 3.09. The molecule has 2 rings (SSSR count). The van der Waals surface area contributed by atoms with Crippen LogP contribution in [0.1, 0.15) is 39.0 Å². The Balaban J connectivity index is 0. The Morgan fingerprint density at radius 3 is 1.73 bits per heavy atom. The summed E-state index contributed by atoms with van der Waals surface area (Å²) in [5.41, 5.74) is 1.19. The average molecular weight is 434 g/mol. The Bertz CT molecular complexity index is 814. The van der Waals surface area contributed by atoms with Crippen molar-refractivity contribution < 1.29 is 70.7 Å². The number of carboxylic acids is 1. The summed E-state index contributed by atoms with van der Waals surface area (Å²) in [5, 5.41) is 13.8. The summed E-state index contributed by atoms with van der Waals surface area (Å²) < 4.78 is 54.9. The third-order valence-corrected chi connectivity index (χ3v) is 3.40. The number of hydrogen-bond acceptors (Lipinski definition) is 4. The molecule has 2 heterocycles. The number of nitrogens with one attached hydrogen (secondary N) is 2. The Morgan fingerprint density at radius 1 is 1.00 bits per heavy atom. The summed E-state index contributed by atoms with van der Waals surface area (Å²) >= 11 is 0. The molecular weight excluding hydrogens is 411 g/mol. The predicted molar refractivity (Wildman–Crippen MR) is 88.3 cm³/mol. The van der Waals surface area contributed by atoms with Crippen LogP contribution in [-0.2, 0) is 17.8 Å². The van der Waals surface area contributed by atoms with Gasteiger partial charge in [-0.25, -0.2) is 27.2 Å². The molecule has 0 fully saturated rings. The second kappa shape index (κ2) is 13.8. The van der Waals surface area contributed by atoms with Crippen molar-refractivity contribution >= 4 is 11.9 Å². The molecule has 0 aromatic carbocycles. The van der Waals surface area contributed by atoms with Crippen LogP contribution in [0.4, 0.5) is 17.6 Å². The van der Waals surface area contributed by atoms with Crippen molar-refractivity contribution in [3.05, 3.63) is 34.9 Å². The zero-order valence-electron chi connectivity index (χ0n) is 17.0. The molecule has 0 aliphatic carbocycles. The number of rotatable bonds is 7. The molecule has 0 saturated carbocycles. The predicted octanol–water partition coefficient (Wildman–Crippen LogP) is -1.55. The van der Waals surface area contributed by atoms with Crippen LogP contribution in [0.3, 0.4) is 0 Å². The molecule has 0 aliphatic rings. The second-order valence-corrected chi connectivity index (χ2v) is 5.67. The number of carbonyl (C=O) groups is 2. The first-order chi connectivity index (χ1) is 13.0. The van der Waals surface area contributed by atoms with Gasteiger partial charge in [0.15, 0.2) is 0 Å². The smallest absolute Gasteiger partial charge is 0.870 e. The third-order valence-electron chi connectivity index (χ3n) is 3.40. The summed E-state index contributed by atoms with van der Waals surface area (Å²) in [4.78, 5) is 21.8. The van der Waals surface area contributed by atoms with Crippen molar-refractivity contribution in [3.8, 4) is 0 Å². The van der Waals surface area contributed by atoms with Gasteiger partial charge in [-0.1, -0.05) is 0 Å². The van der Waals surface area contributed by atoms with Crippen molar-refractivity contribution in [2.24, 2.45) is 0 Å². The molecule has 0 bridgehead atoms. The first-order valence-electron chi connectivity index (χ1n) is 8.19. The van der Waals surface area contributed by atoms with E-state index in [9.17, 15) is 27.2 Å². The summed E-state index contributed by atoms with van der Waals surface area (Å²) in [6.45, 7) is 4.12. The number of halogens is 4. The number of carboxylic acid groups (broad SMARTS) is 1. The van der Waals surface area contributed by atoms with Crippen LogP contribution in [0, 0.1) is 13.8 Å². The van der Waals surface area contributed by atoms with Crippen LogP contribution in [0.25, 0.3) is 0 Å². The maximum Gasteiger partial charge on any atom is 1.00 e. The van der Waals surface area contributed by atoms with Gasteiger partial charge in [-0.05, 0) is 20.8 Å². The molecule has 0 radical (unpaired) electrons. The summed E-state index contributed by atoms with van der Waals surface area (Å²) in [6.07, 6.45) is -2.46. The number of aromatic nitrogens is 4. The monoisotopic (exact) mass is 434 g/mol. The number of esters is 1. The van der Waals surface area contributed by atoms with Crippen LogP contribution in [0.5, 0.6) is 0 Å². The van der Waals surface area contributed by atoms with Crippen molar-refractivity contribution in [1.82, 2.24) is 10.2 Å². The van der Waals surface area contributed by atoms with Gasteiger partial charge in [0.1, 0.15) is 11.1 Å². The first-order valence-corrected chi connectivity index (χ1v) is 8.19. The van der Waals surface area contributed by atoms with Crippen molar-refractivity contribution in [2.75, 3.05) is 6.61 Å². The number of ether oxygens (including phenoxy) is 1. The molecule has 14 heteroatoms. The molecule has 9 nitrogen and oxygen atoms in total. The minimum absolute atomic E-state index is 0. The van der Waals surface area contributed by atoms with E-state index in [1.165, 1.54) is 17.8 Å². The van der Waals surface area contributed by atoms with Gasteiger partial charge in [0.05, 0.1) is 18.0 Å².